The Bertz CT molecular complexity index is 537. The number of hydrogen-bond donors (Lipinski definition) is 1. The summed E-state index contributed by atoms with van der Waals surface area (Å²) in [5.74, 6) is 0.458. The molecule has 0 bridgehead atoms. The molecule has 1 aromatic rings. The number of nitrogens with two attached hydrogens (primary N) is 1. The fraction of sp³-hybridized carbons (Fsp3) is 0.727. The van der Waals surface area contributed by atoms with Crippen molar-refractivity contribution >= 4 is 32.4 Å². The lowest BCUT2D eigenvalue weighted by atomic mass is 10.1. The summed E-state index contributed by atoms with van der Waals surface area (Å²) in [6, 6.07) is 0.191. The molecule has 0 aliphatic heterocycles. The summed E-state index contributed by atoms with van der Waals surface area (Å²) < 4.78 is 29.8. The van der Waals surface area contributed by atoms with E-state index in [2.05, 4.69) is 18.2 Å². The molecule has 1 atom stereocenters. The summed E-state index contributed by atoms with van der Waals surface area (Å²) in [6.07, 6.45) is 0. The highest BCUT2D eigenvalue weighted by atomic mass is 32.2. The van der Waals surface area contributed by atoms with Crippen LogP contribution in [0, 0.1) is 5.92 Å². The molecule has 110 valence electrons. The van der Waals surface area contributed by atoms with E-state index in [1.165, 1.54) is 14.1 Å². The van der Waals surface area contributed by atoms with E-state index in [-0.39, 0.29) is 16.8 Å². The highest BCUT2D eigenvalue weighted by Gasteiger charge is 2.31. The van der Waals surface area contributed by atoms with Crippen LogP contribution in [0.4, 0.5) is 10.8 Å². The Morgan fingerprint density at radius 2 is 1.74 bits per heavy atom. The second-order valence-electron chi connectivity index (χ2n) is 5.09. The maximum absolute atomic E-state index is 12.3. The molecule has 0 aliphatic carbocycles. The summed E-state index contributed by atoms with van der Waals surface area (Å²) in [6.45, 7) is 6.23. The van der Waals surface area contributed by atoms with Crippen molar-refractivity contribution in [3.05, 3.63) is 0 Å². The SMILES string of the molecule is CC(C)C(C)N(C)c1snc(N)c1S(=O)(=O)N(C)C. The Balaban J connectivity index is 3.34. The second kappa shape index (κ2) is 5.64. The lowest BCUT2D eigenvalue weighted by Crippen LogP contribution is -2.34. The Hall–Kier alpha value is -0.860. The molecule has 0 aromatic carbocycles. The van der Waals surface area contributed by atoms with Gasteiger partial charge in [-0.1, -0.05) is 13.8 Å². The maximum Gasteiger partial charge on any atom is 0.249 e. The van der Waals surface area contributed by atoms with Gasteiger partial charge in [-0.3, -0.25) is 0 Å². The highest BCUT2D eigenvalue weighted by Crippen LogP contribution is 2.36. The fourth-order valence-electron chi connectivity index (χ4n) is 1.57. The van der Waals surface area contributed by atoms with E-state index in [0.29, 0.717) is 10.9 Å². The van der Waals surface area contributed by atoms with Gasteiger partial charge in [0.05, 0.1) is 0 Å². The quantitative estimate of drug-likeness (QED) is 0.891. The molecule has 2 N–H and O–H groups in total. The van der Waals surface area contributed by atoms with Crippen molar-refractivity contribution < 1.29 is 8.42 Å². The van der Waals surface area contributed by atoms with Crippen LogP contribution >= 0.6 is 11.5 Å². The van der Waals surface area contributed by atoms with E-state index >= 15 is 0 Å². The minimum absolute atomic E-state index is 0.0662. The average molecular weight is 306 g/mol. The molecule has 0 amide bonds. The zero-order chi connectivity index (χ0) is 15.0. The van der Waals surface area contributed by atoms with Gasteiger partial charge in [0.15, 0.2) is 10.7 Å². The van der Waals surface area contributed by atoms with Gasteiger partial charge in [-0.25, -0.2) is 12.7 Å². The van der Waals surface area contributed by atoms with Crippen molar-refractivity contribution in [2.45, 2.75) is 31.7 Å². The van der Waals surface area contributed by atoms with Crippen molar-refractivity contribution in [1.29, 1.82) is 0 Å². The van der Waals surface area contributed by atoms with Crippen LogP contribution < -0.4 is 10.6 Å². The molecule has 0 saturated carbocycles. The van der Waals surface area contributed by atoms with Gasteiger partial charge in [0.25, 0.3) is 0 Å². The van der Waals surface area contributed by atoms with Gasteiger partial charge in [0.2, 0.25) is 10.0 Å². The zero-order valence-corrected chi connectivity index (χ0v) is 13.8. The van der Waals surface area contributed by atoms with E-state index in [0.717, 1.165) is 15.8 Å². The van der Waals surface area contributed by atoms with Gasteiger partial charge in [-0.05, 0) is 24.4 Å². The lowest BCUT2D eigenvalue weighted by Gasteiger charge is -2.29. The largest absolute Gasteiger partial charge is 0.382 e. The molecule has 1 unspecified atom stereocenters. The van der Waals surface area contributed by atoms with Crippen molar-refractivity contribution in [2.75, 3.05) is 31.8 Å². The standard InChI is InChI=1S/C11H22N4O2S2/c1-7(2)8(3)15(6)11-9(10(12)13-18-11)19(16,17)14(4)5/h7-8H,1-6H3,(H2,12,13). The first-order valence-corrected chi connectivity index (χ1v) is 8.22. The van der Waals surface area contributed by atoms with E-state index in [4.69, 9.17) is 5.73 Å². The van der Waals surface area contributed by atoms with Crippen molar-refractivity contribution in [2.24, 2.45) is 5.92 Å². The van der Waals surface area contributed by atoms with Gasteiger partial charge in [0.1, 0.15) is 5.00 Å². The minimum Gasteiger partial charge on any atom is -0.382 e. The van der Waals surface area contributed by atoms with Crippen LogP contribution in [0.5, 0.6) is 0 Å². The third kappa shape index (κ3) is 3.01. The minimum atomic E-state index is -3.58. The van der Waals surface area contributed by atoms with Crippen LogP contribution in [0.25, 0.3) is 0 Å². The molecule has 0 aliphatic rings. The van der Waals surface area contributed by atoms with Crippen LogP contribution in [-0.2, 0) is 10.0 Å². The first-order chi connectivity index (χ1) is 8.60. The smallest absolute Gasteiger partial charge is 0.249 e. The molecule has 19 heavy (non-hydrogen) atoms. The summed E-state index contributed by atoms with van der Waals surface area (Å²) in [4.78, 5) is 2.03. The normalized spacial score (nSPS) is 14.1. The van der Waals surface area contributed by atoms with E-state index < -0.39 is 10.0 Å². The number of rotatable bonds is 5. The van der Waals surface area contributed by atoms with Crippen molar-refractivity contribution in [3.63, 3.8) is 0 Å². The van der Waals surface area contributed by atoms with Crippen LogP contribution in [0.3, 0.4) is 0 Å². The molecule has 0 radical (unpaired) electrons. The molecule has 0 fully saturated rings. The van der Waals surface area contributed by atoms with Gasteiger partial charge < -0.3 is 10.6 Å². The number of nitrogens with zero attached hydrogens (tertiary/aromatic N) is 3. The molecular weight excluding hydrogens is 284 g/mol. The topological polar surface area (TPSA) is 79.5 Å². The Morgan fingerprint density at radius 3 is 2.16 bits per heavy atom. The molecule has 1 rings (SSSR count). The zero-order valence-electron chi connectivity index (χ0n) is 12.2. The predicted octanol–water partition coefficient (Wildman–Crippen LogP) is 1.46. The van der Waals surface area contributed by atoms with E-state index in [9.17, 15) is 8.42 Å². The third-order valence-electron chi connectivity index (χ3n) is 3.29. The summed E-state index contributed by atoms with van der Waals surface area (Å²) >= 11 is 1.12. The van der Waals surface area contributed by atoms with E-state index in [1.54, 1.807) is 0 Å². The molecular formula is C11H22N4O2S2. The monoisotopic (exact) mass is 306 g/mol. The number of hydrogen-bond acceptors (Lipinski definition) is 6. The van der Waals surface area contributed by atoms with Gasteiger partial charge >= 0.3 is 0 Å². The van der Waals surface area contributed by atoms with Crippen LogP contribution in [-0.4, -0.2) is 44.3 Å². The molecule has 1 aromatic heterocycles. The number of aromatic nitrogens is 1. The molecule has 1 heterocycles. The lowest BCUT2D eigenvalue weighted by molar-refractivity contribution is 0.502. The first kappa shape index (κ1) is 16.2. The highest BCUT2D eigenvalue weighted by molar-refractivity contribution is 7.89. The van der Waals surface area contributed by atoms with Crippen molar-refractivity contribution in [3.8, 4) is 0 Å². The number of sulfonamides is 1. The van der Waals surface area contributed by atoms with Gasteiger partial charge in [0, 0.05) is 27.2 Å². The maximum atomic E-state index is 12.3. The average Bonchev–Trinajstić information content (AvgIpc) is 2.69. The Kier molecular flexibility index (Phi) is 4.81. The van der Waals surface area contributed by atoms with Crippen LogP contribution in [0.2, 0.25) is 0 Å². The second-order valence-corrected chi connectivity index (χ2v) is 7.93. The summed E-state index contributed by atoms with van der Waals surface area (Å²) in [5, 5.41) is 0.590. The van der Waals surface area contributed by atoms with Crippen LogP contribution in [0.15, 0.2) is 4.90 Å². The fourth-order valence-corrected chi connectivity index (χ4v) is 3.85. The van der Waals surface area contributed by atoms with Crippen LogP contribution in [0.1, 0.15) is 20.8 Å². The predicted molar refractivity (Wildman–Crippen MR) is 80.1 cm³/mol. The third-order valence-corrected chi connectivity index (χ3v) is 6.25. The molecule has 6 nitrogen and oxygen atoms in total. The molecule has 0 spiro atoms. The van der Waals surface area contributed by atoms with Gasteiger partial charge in [-0.15, -0.1) is 0 Å². The summed E-state index contributed by atoms with van der Waals surface area (Å²) in [7, 11) is 1.26. The number of anilines is 2. The van der Waals surface area contributed by atoms with Gasteiger partial charge in [-0.2, -0.15) is 4.37 Å². The Labute approximate surface area is 119 Å². The number of nitrogen functional groups attached to an aromatic ring is 1. The van der Waals surface area contributed by atoms with E-state index in [1.807, 2.05) is 18.9 Å². The molecule has 0 saturated heterocycles. The first-order valence-electron chi connectivity index (χ1n) is 6.01. The summed E-state index contributed by atoms with van der Waals surface area (Å²) in [5.41, 5.74) is 5.75. The van der Waals surface area contributed by atoms with Crippen molar-refractivity contribution in [1.82, 2.24) is 8.68 Å². The molecule has 8 heteroatoms. The Morgan fingerprint density at radius 1 is 1.21 bits per heavy atom.